The Balaban J connectivity index is 2.16. The van der Waals surface area contributed by atoms with Crippen LogP contribution in [-0.2, 0) is 14.8 Å². The summed E-state index contributed by atoms with van der Waals surface area (Å²) in [6.45, 7) is -0.493. The molecular weight excluding hydrogens is 304 g/mol. The standard InChI is InChI=1S/C15H12N2O4S/c18-14(19)10-17(11-6-2-1-3-7-11)15-12-8-4-5-9-13(12)22(20,21)16-15/h1-9H,10H2,(H,18,19)/p-1. The number of aliphatic carboxylic acids is 1. The average Bonchev–Trinajstić information content (AvgIpc) is 2.78. The second-order valence-corrected chi connectivity index (χ2v) is 6.25. The SMILES string of the molecule is O=C([O-])CN(C1=NS(=O)(=O)c2ccccc21)c1ccccc1. The molecule has 0 spiro atoms. The van der Waals surface area contributed by atoms with Gasteiger partial charge in [-0.15, -0.1) is 4.40 Å². The van der Waals surface area contributed by atoms with Gasteiger partial charge in [-0.1, -0.05) is 30.3 Å². The first-order chi connectivity index (χ1) is 10.5. The van der Waals surface area contributed by atoms with E-state index in [2.05, 4.69) is 4.40 Å². The predicted octanol–water partition coefficient (Wildman–Crippen LogP) is 0.392. The maximum absolute atomic E-state index is 12.1. The minimum Gasteiger partial charge on any atom is -0.548 e. The monoisotopic (exact) mass is 315 g/mol. The number of amidine groups is 1. The van der Waals surface area contributed by atoms with Crippen molar-refractivity contribution in [2.45, 2.75) is 4.90 Å². The number of sulfonamides is 1. The normalized spacial score (nSPS) is 15.0. The van der Waals surface area contributed by atoms with Gasteiger partial charge < -0.3 is 14.8 Å². The van der Waals surface area contributed by atoms with Crippen LogP contribution in [-0.4, -0.2) is 26.8 Å². The molecule has 7 heteroatoms. The number of carbonyl (C=O) groups is 1. The Bertz CT molecular complexity index is 860. The van der Waals surface area contributed by atoms with E-state index < -0.39 is 22.5 Å². The van der Waals surface area contributed by atoms with Crippen molar-refractivity contribution >= 4 is 27.5 Å². The van der Waals surface area contributed by atoms with Crippen molar-refractivity contribution in [1.29, 1.82) is 0 Å². The molecule has 0 atom stereocenters. The van der Waals surface area contributed by atoms with E-state index in [1.165, 1.54) is 11.0 Å². The Labute approximate surface area is 127 Å². The Kier molecular flexibility index (Phi) is 3.42. The summed E-state index contributed by atoms with van der Waals surface area (Å²) in [5.41, 5.74) is 0.907. The lowest BCUT2D eigenvalue weighted by Crippen LogP contribution is -2.41. The van der Waals surface area contributed by atoms with Gasteiger partial charge in [0.2, 0.25) is 0 Å². The first kappa shape index (κ1) is 14.3. The molecule has 1 aliphatic heterocycles. The number of para-hydroxylation sites is 1. The van der Waals surface area contributed by atoms with Crippen LogP contribution in [0.25, 0.3) is 0 Å². The van der Waals surface area contributed by atoms with Gasteiger partial charge in [0.05, 0.1) is 12.5 Å². The molecule has 0 saturated heterocycles. The Hall–Kier alpha value is -2.67. The van der Waals surface area contributed by atoms with Crippen molar-refractivity contribution in [3.63, 3.8) is 0 Å². The first-order valence-corrected chi connectivity index (χ1v) is 7.90. The van der Waals surface area contributed by atoms with Gasteiger partial charge in [0.15, 0.2) is 5.84 Å². The van der Waals surface area contributed by atoms with Crippen LogP contribution in [0.2, 0.25) is 0 Å². The number of benzene rings is 2. The molecule has 0 unspecified atom stereocenters. The van der Waals surface area contributed by atoms with Crippen LogP contribution in [0.3, 0.4) is 0 Å². The van der Waals surface area contributed by atoms with E-state index >= 15 is 0 Å². The van der Waals surface area contributed by atoms with E-state index in [0.717, 1.165) is 0 Å². The van der Waals surface area contributed by atoms with Crippen LogP contribution in [0.1, 0.15) is 5.56 Å². The maximum atomic E-state index is 12.1. The second kappa shape index (κ2) is 5.27. The minimum atomic E-state index is -3.81. The molecule has 0 saturated carbocycles. The topological polar surface area (TPSA) is 89.9 Å². The number of hydrogen-bond donors (Lipinski definition) is 0. The quantitative estimate of drug-likeness (QED) is 0.817. The van der Waals surface area contributed by atoms with Gasteiger partial charge >= 0.3 is 0 Å². The first-order valence-electron chi connectivity index (χ1n) is 6.46. The molecular formula is C15H11N2O4S-. The fourth-order valence-corrected chi connectivity index (χ4v) is 3.52. The van der Waals surface area contributed by atoms with E-state index in [0.29, 0.717) is 11.3 Å². The van der Waals surface area contributed by atoms with Crippen LogP contribution < -0.4 is 10.0 Å². The third kappa shape index (κ3) is 2.46. The molecule has 112 valence electrons. The lowest BCUT2D eigenvalue weighted by atomic mass is 10.1. The molecule has 3 rings (SSSR count). The third-order valence-electron chi connectivity index (χ3n) is 3.22. The van der Waals surface area contributed by atoms with Gasteiger partial charge in [-0.25, -0.2) is 0 Å². The van der Waals surface area contributed by atoms with Gasteiger partial charge in [-0.2, -0.15) is 8.42 Å². The molecule has 0 fully saturated rings. The number of anilines is 1. The Morgan fingerprint density at radius 3 is 2.36 bits per heavy atom. The zero-order chi connectivity index (χ0) is 15.7. The second-order valence-electron chi connectivity index (χ2n) is 4.68. The van der Waals surface area contributed by atoms with Crippen molar-refractivity contribution in [2.75, 3.05) is 11.4 Å². The molecule has 22 heavy (non-hydrogen) atoms. The van der Waals surface area contributed by atoms with Crippen LogP contribution in [0.4, 0.5) is 5.69 Å². The van der Waals surface area contributed by atoms with E-state index in [9.17, 15) is 18.3 Å². The van der Waals surface area contributed by atoms with Crippen LogP contribution in [0.15, 0.2) is 63.9 Å². The molecule has 1 aliphatic rings. The molecule has 0 aliphatic carbocycles. The number of carbonyl (C=O) groups excluding carboxylic acids is 1. The third-order valence-corrected chi connectivity index (χ3v) is 4.55. The zero-order valence-electron chi connectivity index (χ0n) is 11.3. The smallest absolute Gasteiger partial charge is 0.285 e. The van der Waals surface area contributed by atoms with Gasteiger partial charge in [-0.3, -0.25) is 0 Å². The summed E-state index contributed by atoms with van der Waals surface area (Å²) in [6, 6.07) is 14.9. The fourth-order valence-electron chi connectivity index (χ4n) is 2.31. The van der Waals surface area contributed by atoms with Crippen molar-refractivity contribution in [2.24, 2.45) is 4.40 Å². The van der Waals surface area contributed by atoms with E-state index in [1.807, 2.05) is 0 Å². The summed E-state index contributed by atoms with van der Waals surface area (Å²) in [5.74, 6) is -1.24. The summed E-state index contributed by atoms with van der Waals surface area (Å²) in [7, 11) is -3.81. The van der Waals surface area contributed by atoms with Crippen molar-refractivity contribution in [3.8, 4) is 0 Å². The van der Waals surface area contributed by atoms with Crippen LogP contribution >= 0.6 is 0 Å². The van der Waals surface area contributed by atoms with E-state index in [1.54, 1.807) is 48.5 Å². The number of hydrogen-bond acceptors (Lipinski definition) is 5. The molecule has 0 N–H and O–H groups in total. The average molecular weight is 315 g/mol. The van der Waals surface area contributed by atoms with Crippen molar-refractivity contribution in [1.82, 2.24) is 0 Å². The number of carboxylic acids is 1. The molecule has 0 amide bonds. The van der Waals surface area contributed by atoms with Crippen molar-refractivity contribution in [3.05, 3.63) is 60.2 Å². The van der Waals surface area contributed by atoms with Gasteiger partial charge in [0.1, 0.15) is 4.90 Å². The molecule has 0 aromatic heterocycles. The number of carboxylic acid groups (broad SMARTS) is 1. The highest BCUT2D eigenvalue weighted by molar-refractivity contribution is 7.90. The van der Waals surface area contributed by atoms with Gasteiger partial charge in [-0.05, 0) is 24.3 Å². The molecule has 2 aromatic carbocycles. The predicted molar refractivity (Wildman–Crippen MR) is 79.0 cm³/mol. The molecule has 0 bridgehead atoms. The van der Waals surface area contributed by atoms with Gasteiger partial charge in [0, 0.05) is 11.3 Å². The lowest BCUT2D eigenvalue weighted by molar-refractivity contribution is -0.303. The van der Waals surface area contributed by atoms with Gasteiger partial charge in [0.25, 0.3) is 10.0 Å². The molecule has 6 nitrogen and oxygen atoms in total. The van der Waals surface area contributed by atoms with Crippen molar-refractivity contribution < 1.29 is 18.3 Å². The summed E-state index contributed by atoms with van der Waals surface area (Å²) in [4.78, 5) is 12.4. The molecule has 2 aromatic rings. The molecule has 0 radical (unpaired) electrons. The summed E-state index contributed by atoms with van der Waals surface area (Å²) in [6.07, 6.45) is 0. The number of nitrogens with zero attached hydrogens (tertiary/aromatic N) is 2. The zero-order valence-corrected chi connectivity index (χ0v) is 12.2. The number of fused-ring (bicyclic) bond motifs is 1. The van der Waals surface area contributed by atoms with Crippen LogP contribution in [0.5, 0.6) is 0 Å². The van der Waals surface area contributed by atoms with E-state index in [4.69, 9.17) is 0 Å². The highest BCUT2D eigenvalue weighted by Crippen LogP contribution is 2.29. The largest absolute Gasteiger partial charge is 0.548 e. The maximum Gasteiger partial charge on any atom is 0.285 e. The van der Waals surface area contributed by atoms with E-state index in [-0.39, 0.29) is 10.7 Å². The highest BCUT2D eigenvalue weighted by atomic mass is 32.2. The Morgan fingerprint density at radius 1 is 1.05 bits per heavy atom. The summed E-state index contributed by atoms with van der Waals surface area (Å²) >= 11 is 0. The molecule has 1 heterocycles. The highest BCUT2D eigenvalue weighted by Gasteiger charge is 2.32. The minimum absolute atomic E-state index is 0.0734. The number of rotatable bonds is 3. The summed E-state index contributed by atoms with van der Waals surface area (Å²) < 4.78 is 28.0. The fraction of sp³-hybridized carbons (Fsp3) is 0.0667. The summed E-state index contributed by atoms with van der Waals surface area (Å²) in [5, 5.41) is 11.1. The van der Waals surface area contributed by atoms with Crippen LogP contribution in [0, 0.1) is 0 Å². The lowest BCUT2D eigenvalue weighted by Gasteiger charge is -2.25. The Morgan fingerprint density at radius 2 is 1.68 bits per heavy atom.